The van der Waals surface area contributed by atoms with Crippen LogP contribution in [0.25, 0.3) is 0 Å². The van der Waals surface area contributed by atoms with E-state index in [0.717, 1.165) is 11.1 Å². The Morgan fingerprint density at radius 2 is 1.69 bits per heavy atom. The second-order valence-corrected chi connectivity index (χ2v) is 6.47. The van der Waals surface area contributed by atoms with Gasteiger partial charge in [-0.05, 0) is 24.1 Å². The second kappa shape index (κ2) is 9.97. The van der Waals surface area contributed by atoms with E-state index >= 15 is 0 Å². The highest BCUT2D eigenvalue weighted by atomic mass is 35.5. The van der Waals surface area contributed by atoms with E-state index in [2.05, 4.69) is 5.32 Å². The minimum absolute atomic E-state index is 0.0721. The van der Waals surface area contributed by atoms with Gasteiger partial charge in [-0.25, -0.2) is 0 Å². The van der Waals surface area contributed by atoms with Crippen LogP contribution in [0.1, 0.15) is 31.4 Å². The third-order valence-corrected chi connectivity index (χ3v) is 4.59. The van der Waals surface area contributed by atoms with Crippen LogP contribution in [0.15, 0.2) is 54.6 Å². The maximum absolute atomic E-state index is 12.7. The first-order valence-corrected chi connectivity index (χ1v) is 9.29. The molecule has 0 aromatic heterocycles. The first kappa shape index (κ1) is 20.0. The van der Waals surface area contributed by atoms with Crippen LogP contribution in [0.5, 0.6) is 0 Å². The van der Waals surface area contributed by atoms with Gasteiger partial charge in [-0.2, -0.15) is 0 Å². The normalized spacial score (nSPS) is 11.7. The number of hydrogen-bond donors (Lipinski definition) is 1. The Morgan fingerprint density at radius 1 is 1.04 bits per heavy atom. The number of halogens is 1. The van der Waals surface area contributed by atoms with Gasteiger partial charge in [0.2, 0.25) is 11.8 Å². The van der Waals surface area contributed by atoms with Gasteiger partial charge in [-0.15, -0.1) is 0 Å². The topological polar surface area (TPSA) is 49.4 Å². The van der Waals surface area contributed by atoms with Crippen molar-refractivity contribution < 1.29 is 9.59 Å². The third-order valence-electron chi connectivity index (χ3n) is 4.22. The van der Waals surface area contributed by atoms with Crippen molar-refractivity contribution in [2.75, 3.05) is 6.54 Å². The molecule has 2 aromatic carbocycles. The molecule has 1 atom stereocenters. The molecule has 5 heteroatoms. The van der Waals surface area contributed by atoms with Crippen LogP contribution in [-0.4, -0.2) is 29.3 Å². The van der Waals surface area contributed by atoms with Gasteiger partial charge in [-0.1, -0.05) is 67.1 Å². The number of amides is 2. The molecule has 0 saturated carbocycles. The van der Waals surface area contributed by atoms with E-state index in [1.807, 2.05) is 55.5 Å². The first-order chi connectivity index (χ1) is 12.6. The van der Waals surface area contributed by atoms with Crippen molar-refractivity contribution in [3.63, 3.8) is 0 Å². The molecule has 0 unspecified atom stereocenters. The van der Waals surface area contributed by atoms with Crippen molar-refractivity contribution >= 4 is 23.4 Å². The standard InChI is InChI=1S/C21H25ClN2O2/c1-3-20(25)24(15-17-12-8-9-13-18(17)22)19(21(26)23-4-2)14-16-10-6-5-7-11-16/h5-13,19H,3-4,14-15H2,1-2H3,(H,23,26)/t19-/m0/s1. The number of rotatable bonds is 8. The summed E-state index contributed by atoms with van der Waals surface area (Å²) in [5.41, 5.74) is 1.84. The van der Waals surface area contributed by atoms with E-state index < -0.39 is 6.04 Å². The molecule has 0 spiro atoms. The van der Waals surface area contributed by atoms with Crippen LogP contribution < -0.4 is 5.32 Å². The number of carbonyl (C=O) groups excluding carboxylic acids is 2. The fourth-order valence-corrected chi connectivity index (χ4v) is 3.05. The third kappa shape index (κ3) is 5.33. The van der Waals surface area contributed by atoms with Crippen LogP contribution in [0.3, 0.4) is 0 Å². The number of likely N-dealkylation sites (N-methyl/N-ethyl adjacent to an activating group) is 1. The van der Waals surface area contributed by atoms with Crippen LogP contribution in [0.4, 0.5) is 0 Å². The smallest absolute Gasteiger partial charge is 0.243 e. The molecule has 0 bridgehead atoms. The number of nitrogens with one attached hydrogen (secondary N) is 1. The van der Waals surface area contributed by atoms with Crippen LogP contribution in [0, 0.1) is 0 Å². The lowest BCUT2D eigenvalue weighted by Crippen LogP contribution is -2.50. The fourth-order valence-electron chi connectivity index (χ4n) is 2.86. The molecular weight excluding hydrogens is 348 g/mol. The van der Waals surface area contributed by atoms with Crippen molar-refractivity contribution in [2.24, 2.45) is 0 Å². The van der Waals surface area contributed by atoms with E-state index in [1.54, 1.807) is 17.9 Å². The SMILES string of the molecule is CCNC(=O)[C@H](Cc1ccccc1)N(Cc1ccccc1Cl)C(=O)CC. The summed E-state index contributed by atoms with van der Waals surface area (Å²) in [7, 11) is 0. The molecule has 4 nitrogen and oxygen atoms in total. The van der Waals surface area contributed by atoms with E-state index in [4.69, 9.17) is 11.6 Å². The molecule has 0 fully saturated rings. The van der Waals surface area contributed by atoms with Crippen molar-refractivity contribution in [3.8, 4) is 0 Å². The van der Waals surface area contributed by atoms with Crippen molar-refractivity contribution in [1.82, 2.24) is 10.2 Å². The van der Waals surface area contributed by atoms with Gasteiger partial charge in [0.1, 0.15) is 6.04 Å². The second-order valence-electron chi connectivity index (χ2n) is 6.07. The lowest BCUT2D eigenvalue weighted by atomic mass is 10.0. The van der Waals surface area contributed by atoms with Crippen molar-refractivity contribution in [1.29, 1.82) is 0 Å². The molecule has 0 aliphatic heterocycles. The predicted octanol–water partition coefficient (Wildman–Crippen LogP) is 3.83. The molecule has 0 aliphatic carbocycles. The van der Waals surface area contributed by atoms with Gasteiger partial charge in [0.05, 0.1) is 0 Å². The zero-order valence-electron chi connectivity index (χ0n) is 15.2. The molecule has 0 aliphatic rings. The lowest BCUT2D eigenvalue weighted by molar-refractivity contribution is -0.141. The number of hydrogen-bond acceptors (Lipinski definition) is 2. The van der Waals surface area contributed by atoms with E-state index in [9.17, 15) is 9.59 Å². The van der Waals surface area contributed by atoms with Gasteiger partial charge >= 0.3 is 0 Å². The molecule has 2 amide bonds. The minimum Gasteiger partial charge on any atom is -0.355 e. The highest BCUT2D eigenvalue weighted by Gasteiger charge is 2.29. The Kier molecular flexibility index (Phi) is 7.67. The summed E-state index contributed by atoms with van der Waals surface area (Å²) in [6.07, 6.45) is 0.790. The highest BCUT2D eigenvalue weighted by molar-refractivity contribution is 6.31. The van der Waals surface area contributed by atoms with Crippen molar-refractivity contribution in [2.45, 2.75) is 39.3 Å². The average molecular weight is 373 g/mol. The Balaban J connectivity index is 2.35. The maximum Gasteiger partial charge on any atom is 0.243 e. The van der Waals surface area contributed by atoms with E-state index in [-0.39, 0.29) is 11.8 Å². The summed E-state index contributed by atoms with van der Waals surface area (Å²) in [4.78, 5) is 27.1. The summed E-state index contributed by atoms with van der Waals surface area (Å²) < 4.78 is 0. The first-order valence-electron chi connectivity index (χ1n) is 8.91. The molecule has 26 heavy (non-hydrogen) atoms. The molecule has 0 heterocycles. The Labute approximate surface area is 160 Å². The number of nitrogens with zero attached hydrogens (tertiary/aromatic N) is 1. The van der Waals surface area contributed by atoms with Crippen molar-refractivity contribution in [3.05, 3.63) is 70.7 Å². The zero-order valence-corrected chi connectivity index (χ0v) is 16.0. The Hall–Kier alpha value is -2.33. The number of carbonyl (C=O) groups is 2. The monoisotopic (exact) mass is 372 g/mol. The lowest BCUT2D eigenvalue weighted by Gasteiger charge is -2.31. The summed E-state index contributed by atoms with van der Waals surface area (Å²) >= 11 is 6.28. The minimum atomic E-state index is -0.582. The molecular formula is C21H25ClN2O2. The zero-order chi connectivity index (χ0) is 18.9. The summed E-state index contributed by atoms with van der Waals surface area (Å²) in [6.45, 7) is 4.50. The molecule has 2 aromatic rings. The van der Waals surface area contributed by atoms with Gasteiger partial charge in [0.15, 0.2) is 0 Å². The quantitative estimate of drug-likeness (QED) is 0.765. The molecule has 2 rings (SSSR count). The predicted molar refractivity (Wildman–Crippen MR) is 105 cm³/mol. The van der Waals surface area contributed by atoms with E-state index in [0.29, 0.717) is 31.0 Å². The fraction of sp³-hybridized carbons (Fsp3) is 0.333. The molecule has 0 radical (unpaired) electrons. The summed E-state index contributed by atoms with van der Waals surface area (Å²) in [5.74, 6) is -0.220. The molecule has 1 N–H and O–H groups in total. The van der Waals surface area contributed by atoms with Gasteiger partial charge in [-0.3, -0.25) is 9.59 Å². The van der Waals surface area contributed by atoms with Crippen LogP contribution in [0.2, 0.25) is 5.02 Å². The van der Waals surface area contributed by atoms with Gasteiger partial charge < -0.3 is 10.2 Å². The number of benzene rings is 2. The molecule has 0 saturated heterocycles. The maximum atomic E-state index is 12.7. The van der Waals surface area contributed by atoms with Crippen LogP contribution in [-0.2, 0) is 22.6 Å². The van der Waals surface area contributed by atoms with E-state index in [1.165, 1.54) is 0 Å². The largest absolute Gasteiger partial charge is 0.355 e. The average Bonchev–Trinajstić information content (AvgIpc) is 2.66. The Morgan fingerprint density at radius 3 is 2.31 bits per heavy atom. The Bertz CT molecular complexity index is 734. The van der Waals surface area contributed by atoms with Gasteiger partial charge in [0.25, 0.3) is 0 Å². The summed E-state index contributed by atoms with van der Waals surface area (Å²) in [6, 6.07) is 16.6. The highest BCUT2D eigenvalue weighted by Crippen LogP contribution is 2.20. The summed E-state index contributed by atoms with van der Waals surface area (Å²) in [5, 5.41) is 3.45. The van der Waals surface area contributed by atoms with Gasteiger partial charge in [0, 0.05) is 31.0 Å². The molecule has 138 valence electrons. The van der Waals surface area contributed by atoms with Crippen LogP contribution >= 0.6 is 11.6 Å².